The highest BCUT2D eigenvalue weighted by molar-refractivity contribution is 6.33. The van der Waals surface area contributed by atoms with Gasteiger partial charge in [0.15, 0.2) is 0 Å². The van der Waals surface area contributed by atoms with Crippen LogP contribution in [0.4, 0.5) is 10.1 Å². The molecule has 0 radical (unpaired) electrons. The Morgan fingerprint density at radius 2 is 2.00 bits per heavy atom. The van der Waals surface area contributed by atoms with Gasteiger partial charge in [-0.1, -0.05) is 16.8 Å². The van der Waals surface area contributed by atoms with E-state index < -0.39 is 0 Å². The Balaban J connectivity index is 2.03. The summed E-state index contributed by atoms with van der Waals surface area (Å²) in [6.07, 6.45) is 0. The number of aryl methyl sites for hydroxylation is 1. The zero-order chi connectivity index (χ0) is 15.0. The van der Waals surface area contributed by atoms with Crippen LogP contribution < -0.4 is 5.73 Å². The first-order valence-electron chi connectivity index (χ1n) is 6.20. The Hall–Kier alpha value is -2.40. The minimum atomic E-state index is -0.277. The first-order chi connectivity index (χ1) is 10.0. The minimum Gasteiger partial charge on any atom is -0.399 e. The van der Waals surface area contributed by atoms with Crippen molar-refractivity contribution in [3.63, 3.8) is 0 Å². The number of rotatable bonds is 2. The smallest absolute Gasteiger partial charge is 0.259 e. The molecule has 0 aliphatic rings. The molecule has 0 aliphatic carbocycles. The molecule has 0 saturated heterocycles. The van der Waals surface area contributed by atoms with Gasteiger partial charge in [0.1, 0.15) is 5.82 Å². The number of nitrogens with two attached hydrogens (primary N) is 1. The average molecular weight is 304 g/mol. The van der Waals surface area contributed by atoms with Crippen molar-refractivity contribution in [3.8, 4) is 22.8 Å². The van der Waals surface area contributed by atoms with Crippen LogP contribution in [0.25, 0.3) is 22.8 Å². The molecule has 3 aromatic rings. The number of hydrogen-bond acceptors (Lipinski definition) is 4. The van der Waals surface area contributed by atoms with Gasteiger partial charge in [-0.05, 0) is 48.9 Å². The van der Waals surface area contributed by atoms with E-state index in [2.05, 4.69) is 10.1 Å². The number of halogens is 2. The van der Waals surface area contributed by atoms with Gasteiger partial charge in [0.05, 0.1) is 10.6 Å². The summed E-state index contributed by atoms with van der Waals surface area (Å²) in [6.45, 7) is 1.68. The maximum atomic E-state index is 13.3. The molecule has 0 spiro atoms. The largest absolute Gasteiger partial charge is 0.399 e. The van der Waals surface area contributed by atoms with Crippen molar-refractivity contribution in [2.45, 2.75) is 6.92 Å². The van der Waals surface area contributed by atoms with Crippen LogP contribution in [0.1, 0.15) is 5.56 Å². The van der Waals surface area contributed by atoms with Gasteiger partial charge >= 0.3 is 0 Å². The van der Waals surface area contributed by atoms with Gasteiger partial charge in [-0.15, -0.1) is 0 Å². The van der Waals surface area contributed by atoms with E-state index in [1.54, 1.807) is 37.3 Å². The van der Waals surface area contributed by atoms with Gasteiger partial charge in [0.25, 0.3) is 5.89 Å². The Bertz CT molecular complexity index is 816. The third kappa shape index (κ3) is 2.60. The van der Waals surface area contributed by atoms with Crippen molar-refractivity contribution in [2.24, 2.45) is 0 Å². The van der Waals surface area contributed by atoms with Gasteiger partial charge in [0, 0.05) is 11.3 Å². The SMILES string of the molecule is Cc1cc(-c2noc(-c3cc(N)ccc3Cl)n2)ccc1F. The van der Waals surface area contributed by atoms with Gasteiger partial charge in [-0.25, -0.2) is 4.39 Å². The molecule has 0 bridgehead atoms. The van der Waals surface area contributed by atoms with Crippen molar-refractivity contribution in [1.29, 1.82) is 0 Å². The molecule has 0 aliphatic heterocycles. The average Bonchev–Trinajstić information content (AvgIpc) is 2.94. The third-order valence-electron chi connectivity index (χ3n) is 3.06. The van der Waals surface area contributed by atoms with Crippen LogP contribution in [0, 0.1) is 12.7 Å². The Kier molecular flexibility index (Phi) is 3.35. The fourth-order valence-corrected chi connectivity index (χ4v) is 2.14. The van der Waals surface area contributed by atoms with Crippen LogP contribution >= 0.6 is 11.6 Å². The summed E-state index contributed by atoms with van der Waals surface area (Å²) >= 11 is 6.10. The lowest BCUT2D eigenvalue weighted by atomic mass is 10.1. The second-order valence-corrected chi connectivity index (χ2v) is 5.03. The highest BCUT2D eigenvalue weighted by atomic mass is 35.5. The van der Waals surface area contributed by atoms with Crippen LogP contribution in [-0.2, 0) is 0 Å². The lowest BCUT2D eigenvalue weighted by molar-refractivity contribution is 0.432. The molecule has 2 N–H and O–H groups in total. The topological polar surface area (TPSA) is 64.9 Å². The summed E-state index contributed by atoms with van der Waals surface area (Å²) in [5, 5.41) is 4.36. The summed E-state index contributed by atoms with van der Waals surface area (Å²) in [4.78, 5) is 4.28. The molecule has 0 saturated carbocycles. The molecule has 2 aromatic carbocycles. The van der Waals surface area contributed by atoms with E-state index in [9.17, 15) is 4.39 Å². The van der Waals surface area contributed by atoms with Crippen molar-refractivity contribution in [2.75, 3.05) is 5.73 Å². The van der Waals surface area contributed by atoms with E-state index in [1.165, 1.54) is 6.07 Å². The number of aromatic nitrogens is 2. The zero-order valence-electron chi connectivity index (χ0n) is 11.1. The lowest BCUT2D eigenvalue weighted by Crippen LogP contribution is -1.88. The van der Waals surface area contributed by atoms with Gasteiger partial charge < -0.3 is 10.3 Å². The molecule has 0 amide bonds. The Morgan fingerprint density at radius 3 is 2.76 bits per heavy atom. The van der Waals surface area contributed by atoms with Crippen molar-refractivity contribution < 1.29 is 8.91 Å². The number of benzene rings is 2. The summed E-state index contributed by atoms with van der Waals surface area (Å²) in [5.41, 5.74) is 8.03. The Labute approximate surface area is 125 Å². The molecule has 3 rings (SSSR count). The summed E-state index contributed by atoms with van der Waals surface area (Å²) < 4.78 is 18.5. The fourth-order valence-electron chi connectivity index (χ4n) is 1.94. The molecule has 0 atom stereocenters. The van der Waals surface area contributed by atoms with Crippen molar-refractivity contribution >= 4 is 17.3 Å². The quantitative estimate of drug-likeness (QED) is 0.724. The van der Waals surface area contributed by atoms with E-state index in [0.29, 0.717) is 33.2 Å². The van der Waals surface area contributed by atoms with E-state index in [1.807, 2.05) is 0 Å². The molecule has 1 aromatic heterocycles. The molecule has 4 nitrogen and oxygen atoms in total. The first kappa shape index (κ1) is 13.6. The number of anilines is 1. The molecule has 1 heterocycles. The lowest BCUT2D eigenvalue weighted by Gasteiger charge is -2.00. The highest BCUT2D eigenvalue weighted by Crippen LogP contribution is 2.30. The summed E-state index contributed by atoms with van der Waals surface area (Å²) in [6, 6.07) is 9.64. The second kappa shape index (κ2) is 5.18. The highest BCUT2D eigenvalue weighted by Gasteiger charge is 2.14. The van der Waals surface area contributed by atoms with Crippen LogP contribution in [-0.4, -0.2) is 10.1 Å². The fraction of sp³-hybridized carbons (Fsp3) is 0.0667. The van der Waals surface area contributed by atoms with E-state index in [-0.39, 0.29) is 11.7 Å². The van der Waals surface area contributed by atoms with Gasteiger partial charge in [0.2, 0.25) is 5.82 Å². The third-order valence-corrected chi connectivity index (χ3v) is 3.39. The molecular weight excluding hydrogens is 293 g/mol. The second-order valence-electron chi connectivity index (χ2n) is 4.63. The van der Waals surface area contributed by atoms with Crippen molar-refractivity contribution in [3.05, 3.63) is 52.8 Å². The van der Waals surface area contributed by atoms with Crippen LogP contribution in [0.2, 0.25) is 5.02 Å². The predicted octanol–water partition coefficient (Wildman–Crippen LogP) is 4.09. The molecular formula is C15H11ClFN3O. The van der Waals surface area contributed by atoms with E-state index in [0.717, 1.165) is 0 Å². The van der Waals surface area contributed by atoms with E-state index >= 15 is 0 Å². The maximum absolute atomic E-state index is 13.3. The molecule has 6 heteroatoms. The van der Waals surface area contributed by atoms with E-state index in [4.69, 9.17) is 21.9 Å². The Morgan fingerprint density at radius 1 is 1.19 bits per heavy atom. The summed E-state index contributed by atoms with van der Waals surface area (Å²) in [7, 11) is 0. The molecule has 0 fully saturated rings. The van der Waals surface area contributed by atoms with Crippen molar-refractivity contribution in [1.82, 2.24) is 10.1 Å². The zero-order valence-corrected chi connectivity index (χ0v) is 11.9. The number of hydrogen-bond donors (Lipinski definition) is 1. The molecule has 21 heavy (non-hydrogen) atoms. The maximum Gasteiger partial charge on any atom is 0.259 e. The van der Waals surface area contributed by atoms with Gasteiger partial charge in [-0.2, -0.15) is 4.98 Å². The minimum absolute atomic E-state index is 0.268. The number of nitrogen functional groups attached to an aromatic ring is 1. The predicted molar refractivity (Wildman–Crippen MR) is 79.3 cm³/mol. The number of nitrogens with zero attached hydrogens (tertiary/aromatic N) is 2. The van der Waals surface area contributed by atoms with Gasteiger partial charge in [-0.3, -0.25) is 0 Å². The molecule has 106 valence electrons. The molecule has 0 unspecified atom stereocenters. The van der Waals surface area contributed by atoms with Crippen LogP contribution in [0.3, 0.4) is 0 Å². The van der Waals surface area contributed by atoms with Crippen LogP contribution in [0.15, 0.2) is 40.9 Å². The normalized spacial score (nSPS) is 10.8. The first-order valence-corrected chi connectivity index (χ1v) is 6.58. The monoisotopic (exact) mass is 303 g/mol. The standard InChI is InChI=1S/C15H11ClFN3O/c1-8-6-9(2-5-13(8)17)14-19-15(21-20-14)11-7-10(18)3-4-12(11)16/h2-7H,18H2,1H3. The van der Waals surface area contributed by atoms with Crippen LogP contribution in [0.5, 0.6) is 0 Å². The summed E-state index contributed by atoms with van der Waals surface area (Å²) in [5.74, 6) is 0.359.